The van der Waals surface area contributed by atoms with Gasteiger partial charge in [0.2, 0.25) is 0 Å². The fourth-order valence-corrected chi connectivity index (χ4v) is 2.49. The molecule has 0 saturated heterocycles. The Morgan fingerprint density at radius 1 is 1.13 bits per heavy atom. The maximum atomic E-state index is 13.2. The average molecular weight is 313 g/mol. The van der Waals surface area contributed by atoms with Gasteiger partial charge in [-0.1, -0.05) is 13.8 Å². The Morgan fingerprint density at radius 2 is 1.87 bits per heavy atom. The minimum atomic E-state index is -0.263. The van der Waals surface area contributed by atoms with Crippen LogP contribution in [0.2, 0.25) is 0 Å². The SMILES string of the molecule is CC(C)Cc1nc(C(C)n2ccnc2)n(-c2ccc(F)cc2)n1. The molecule has 6 heteroatoms. The molecule has 0 aliphatic rings. The molecule has 0 aliphatic heterocycles. The molecule has 120 valence electrons. The van der Waals surface area contributed by atoms with Crippen molar-refractivity contribution in [3.05, 3.63) is 60.5 Å². The van der Waals surface area contributed by atoms with Crippen molar-refractivity contribution in [1.82, 2.24) is 24.3 Å². The van der Waals surface area contributed by atoms with Crippen molar-refractivity contribution < 1.29 is 4.39 Å². The lowest BCUT2D eigenvalue weighted by Crippen LogP contribution is -2.12. The highest BCUT2D eigenvalue weighted by molar-refractivity contribution is 5.32. The summed E-state index contributed by atoms with van der Waals surface area (Å²) < 4.78 is 17.0. The van der Waals surface area contributed by atoms with Gasteiger partial charge < -0.3 is 4.57 Å². The lowest BCUT2D eigenvalue weighted by atomic mass is 10.1. The number of benzene rings is 1. The second kappa shape index (κ2) is 6.32. The van der Waals surface area contributed by atoms with Gasteiger partial charge in [0.15, 0.2) is 11.6 Å². The zero-order chi connectivity index (χ0) is 16.4. The van der Waals surface area contributed by atoms with Crippen LogP contribution in [0.3, 0.4) is 0 Å². The Kier molecular flexibility index (Phi) is 4.23. The maximum Gasteiger partial charge on any atom is 0.155 e. The summed E-state index contributed by atoms with van der Waals surface area (Å²) in [5, 5.41) is 4.63. The van der Waals surface area contributed by atoms with Gasteiger partial charge in [0.25, 0.3) is 0 Å². The summed E-state index contributed by atoms with van der Waals surface area (Å²) in [5.74, 6) is 1.81. The van der Waals surface area contributed by atoms with Gasteiger partial charge in [-0.05, 0) is 37.1 Å². The van der Waals surface area contributed by atoms with Crippen LogP contribution in [0, 0.1) is 11.7 Å². The molecule has 1 atom stereocenters. The summed E-state index contributed by atoms with van der Waals surface area (Å²) >= 11 is 0. The summed E-state index contributed by atoms with van der Waals surface area (Å²) in [6, 6.07) is 6.28. The van der Waals surface area contributed by atoms with Crippen molar-refractivity contribution in [3.8, 4) is 5.69 Å². The van der Waals surface area contributed by atoms with E-state index in [-0.39, 0.29) is 11.9 Å². The van der Waals surface area contributed by atoms with Crippen LogP contribution in [0.5, 0.6) is 0 Å². The Morgan fingerprint density at radius 3 is 2.48 bits per heavy atom. The Hall–Kier alpha value is -2.50. The number of hydrogen-bond acceptors (Lipinski definition) is 3. The van der Waals surface area contributed by atoms with E-state index >= 15 is 0 Å². The molecule has 1 aromatic carbocycles. The monoisotopic (exact) mass is 313 g/mol. The highest BCUT2D eigenvalue weighted by Crippen LogP contribution is 2.21. The zero-order valence-corrected chi connectivity index (χ0v) is 13.5. The highest BCUT2D eigenvalue weighted by atomic mass is 19.1. The average Bonchev–Trinajstić information content (AvgIpc) is 3.16. The molecule has 3 rings (SSSR count). The minimum absolute atomic E-state index is 0.0176. The van der Waals surface area contributed by atoms with Crippen molar-refractivity contribution in [2.45, 2.75) is 33.2 Å². The van der Waals surface area contributed by atoms with Gasteiger partial charge in [-0.15, -0.1) is 0 Å². The standard InChI is InChI=1S/C17H20FN5/c1-12(2)10-16-20-17(13(3)22-9-8-19-11-22)23(21-16)15-6-4-14(18)5-7-15/h4-9,11-13H,10H2,1-3H3. The van der Waals surface area contributed by atoms with E-state index in [2.05, 4.69) is 23.9 Å². The van der Waals surface area contributed by atoms with E-state index in [0.29, 0.717) is 5.92 Å². The predicted octanol–water partition coefficient (Wildman–Crippen LogP) is 3.41. The number of aromatic nitrogens is 5. The molecule has 0 spiro atoms. The van der Waals surface area contributed by atoms with Gasteiger partial charge in [0.1, 0.15) is 5.82 Å². The van der Waals surface area contributed by atoms with Gasteiger partial charge >= 0.3 is 0 Å². The molecule has 0 fully saturated rings. The van der Waals surface area contributed by atoms with Crippen LogP contribution in [-0.2, 0) is 6.42 Å². The largest absolute Gasteiger partial charge is 0.327 e. The molecule has 0 radical (unpaired) electrons. The fraction of sp³-hybridized carbons (Fsp3) is 0.353. The van der Waals surface area contributed by atoms with Crippen LogP contribution >= 0.6 is 0 Å². The van der Waals surface area contributed by atoms with E-state index < -0.39 is 0 Å². The van der Waals surface area contributed by atoms with Crippen molar-refractivity contribution in [1.29, 1.82) is 0 Å². The van der Waals surface area contributed by atoms with E-state index in [4.69, 9.17) is 4.98 Å². The quantitative estimate of drug-likeness (QED) is 0.725. The smallest absolute Gasteiger partial charge is 0.155 e. The summed E-state index contributed by atoms with van der Waals surface area (Å²) in [4.78, 5) is 8.81. The van der Waals surface area contributed by atoms with E-state index in [0.717, 1.165) is 23.8 Å². The number of imidazole rings is 1. The van der Waals surface area contributed by atoms with E-state index in [1.807, 2.05) is 17.7 Å². The number of halogens is 1. The molecule has 3 aromatic rings. The Labute approximate surface area is 134 Å². The highest BCUT2D eigenvalue weighted by Gasteiger charge is 2.19. The van der Waals surface area contributed by atoms with Crippen LogP contribution in [-0.4, -0.2) is 24.3 Å². The first-order valence-corrected chi connectivity index (χ1v) is 7.74. The van der Waals surface area contributed by atoms with Crippen molar-refractivity contribution >= 4 is 0 Å². The second-order valence-electron chi connectivity index (χ2n) is 6.06. The number of nitrogens with zero attached hydrogens (tertiary/aromatic N) is 5. The first-order chi connectivity index (χ1) is 11.0. The van der Waals surface area contributed by atoms with Crippen LogP contribution in [0.4, 0.5) is 4.39 Å². The molecular formula is C17H20FN5. The lowest BCUT2D eigenvalue weighted by molar-refractivity contribution is 0.577. The third kappa shape index (κ3) is 3.31. The van der Waals surface area contributed by atoms with Crippen LogP contribution < -0.4 is 0 Å². The zero-order valence-electron chi connectivity index (χ0n) is 13.5. The first kappa shape index (κ1) is 15.4. The molecule has 1 unspecified atom stereocenters. The van der Waals surface area contributed by atoms with E-state index in [1.165, 1.54) is 12.1 Å². The lowest BCUT2D eigenvalue weighted by Gasteiger charge is -2.13. The van der Waals surface area contributed by atoms with Crippen LogP contribution in [0.1, 0.15) is 38.5 Å². The minimum Gasteiger partial charge on any atom is -0.327 e. The second-order valence-corrected chi connectivity index (χ2v) is 6.06. The summed E-state index contributed by atoms with van der Waals surface area (Å²) in [5.41, 5.74) is 0.802. The molecule has 23 heavy (non-hydrogen) atoms. The molecular weight excluding hydrogens is 293 g/mol. The van der Waals surface area contributed by atoms with E-state index in [9.17, 15) is 4.39 Å². The first-order valence-electron chi connectivity index (χ1n) is 7.74. The van der Waals surface area contributed by atoms with Gasteiger partial charge in [-0.25, -0.2) is 19.0 Å². The van der Waals surface area contributed by atoms with E-state index in [1.54, 1.807) is 29.3 Å². The molecule has 0 N–H and O–H groups in total. The molecule has 5 nitrogen and oxygen atoms in total. The van der Waals surface area contributed by atoms with Crippen molar-refractivity contribution in [2.24, 2.45) is 5.92 Å². The molecule has 2 aromatic heterocycles. The van der Waals surface area contributed by atoms with Crippen LogP contribution in [0.25, 0.3) is 5.69 Å². The van der Waals surface area contributed by atoms with Gasteiger partial charge in [-0.3, -0.25) is 0 Å². The fourth-order valence-electron chi connectivity index (χ4n) is 2.49. The molecule has 2 heterocycles. The molecule has 0 aliphatic carbocycles. The summed E-state index contributed by atoms with van der Waals surface area (Å²) in [6.07, 6.45) is 6.20. The van der Waals surface area contributed by atoms with Crippen molar-refractivity contribution in [2.75, 3.05) is 0 Å². The summed E-state index contributed by atoms with van der Waals surface area (Å²) in [7, 11) is 0. The van der Waals surface area contributed by atoms with Gasteiger partial charge in [0.05, 0.1) is 18.1 Å². The van der Waals surface area contributed by atoms with Crippen LogP contribution in [0.15, 0.2) is 43.0 Å². The Bertz CT molecular complexity index is 759. The third-order valence-electron chi connectivity index (χ3n) is 3.68. The molecule has 0 amide bonds. The third-order valence-corrected chi connectivity index (χ3v) is 3.68. The van der Waals surface area contributed by atoms with Gasteiger partial charge in [0, 0.05) is 18.8 Å². The molecule has 0 bridgehead atoms. The number of hydrogen-bond donors (Lipinski definition) is 0. The molecule has 0 saturated carbocycles. The normalized spacial score (nSPS) is 12.7. The maximum absolute atomic E-state index is 13.2. The predicted molar refractivity (Wildman–Crippen MR) is 85.9 cm³/mol. The number of rotatable bonds is 5. The van der Waals surface area contributed by atoms with Crippen molar-refractivity contribution in [3.63, 3.8) is 0 Å². The Balaban J connectivity index is 2.05. The summed E-state index contributed by atoms with van der Waals surface area (Å²) in [6.45, 7) is 6.32. The van der Waals surface area contributed by atoms with Gasteiger partial charge in [-0.2, -0.15) is 5.10 Å². The topological polar surface area (TPSA) is 48.5 Å².